The van der Waals surface area contributed by atoms with Crippen molar-refractivity contribution in [1.82, 2.24) is 4.90 Å². The number of allylic oxidation sites excluding steroid dienone is 1. The maximum absolute atomic E-state index is 11.5. The summed E-state index contributed by atoms with van der Waals surface area (Å²) >= 11 is 0. The zero-order valence-electron chi connectivity index (χ0n) is 8.58. The van der Waals surface area contributed by atoms with Crippen molar-refractivity contribution < 1.29 is 14.3 Å². The molecule has 0 radical (unpaired) electrons. The second-order valence-electron chi connectivity index (χ2n) is 3.41. The summed E-state index contributed by atoms with van der Waals surface area (Å²) in [6.07, 6.45) is 3.40. The molecule has 0 bridgehead atoms. The lowest BCUT2D eigenvalue weighted by Crippen LogP contribution is -2.22. The number of hydrogen-bond acceptors (Lipinski definition) is 4. The van der Waals surface area contributed by atoms with Gasteiger partial charge in [-0.15, -0.1) is 0 Å². The Morgan fingerprint density at radius 3 is 2.86 bits per heavy atom. The highest BCUT2D eigenvalue weighted by atomic mass is 16.5. The molecule has 78 valence electrons. The van der Waals surface area contributed by atoms with Gasteiger partial charge in [-0.05, 0) is 12.8 Å². The van der Waals surface area contributed by atoms with Crippen LogP contribution in [-0.4, -0.2) is 37.4 Å². The average Bonchev–Trinajstić information content (AvgIpc) is 2.17. The van der Waals surface area contributed by atoms with Gasteiger partial charge in [0.25, 0.3) is 0 Å². The van der Waals surface area contributed by atoms with Gasteiger partial charge in [0, 0.05) is 25.4 Å². The standard InChI is InChI=1S/C10H15NO3/c1-11-5-3-4-8(7-11)9(12)6-10(13)14-2/h7H,3-6H2,1-2H3. The summed E-state index contributed by atoms with van der Waals surface area (Å²) in [5.41, 5.74) is 0.726. The second-order valence-corrected chi connectivity index (χ2v) is 3.41. The van der Waals surface area contributed by atoms with Gasteiger partial charge in [0.15, 0.2) is 5.78 Å². The molecule has 0 fully saturated rings. The van der Waals surface area contributed by atoms with E-state index < -0.39 is 5.97 Å². The number of carbonyl (C=O) groups is 2. The fraction of sp³-hybridized carbons (Fsp3) is 0.600. The van der Waals surface area contributed by atoms with Gasteiger partial charge in [-0.1, -0.05) is 0 Å². The van der Waals surface area contributed by atoms with Crippen molar-refractivity contribution in [1.29, 1.82) is 0 Å². The van der Waals surface area contributed by atoms with Crippen molar-refractivity contribution >= 4 is 11.8 Å². The number of esters is 1. The average molecular weight is 197 g/mol. The van der Waals surface area contributed by atoms with Crippen molar-refractivity contribution in [2.24, 2.45) is 0 Å². The van der Waals surface area contributed by atoms with Crippen molar-refractivity contribution in [3.8, 4) is 0 Å². The van der Waals surface area contributed by atoms with Crippen LogP contribution in [0.15, 0.2) is 11.8 Å². The summed E-state index contributed by atoms with van der Waals surface area (Å²) in [5, 5.41) is 0. The second kappa shape index (κ2) is 4.79. The molecule has 0 aromatic rings. The lowest BCUT2D eigenvalue weighted by atomic mass is 10.0. The molecule has 0 N–H and O–H groups in total. The van der Waals surface area contributed by atoms with Gasteiger partial charge in [0.2, 0.25) is 0 Å². The molecule has 1 aliphatic rings. The zero-order chi connectivity index (χ0) is 10.6. The predicted octanol–water partition coefficient (Wildman–Crippen LogP) is 0.728. The third-order valence-corrected chi connectivity index (χ3v) is 2.22. The lowest BCUT2D eigenvalue weighted by molar-refractivity contribution is -0.142. The van der Waals surface area contributed by atoms with E-state index in [9.17, 15) is 9.59 Å². The minimum absolute atomic E-state index is 0.122. The Bertz CT molecular complexity index is 271. The van der Waals surface area contributed by atoms with Gasteiger partial charge in [-0.3, -0.25) is 9.59 Å². The summed E-state index contributed by atoms with van der Waals surface area (Å²) < 4.78 is 4.44. The maximum Gasteiger partial charge on any atom is 0.313 e. The molecule has 1 heterocycles. The fourth-order valence-corrected chi connectivity index (χ4v) is 1.44. The number of methoxy groups -OCH3 is 1. The van der Waals surface area contributed by atoms with Crippen molar-refractivity contribution in [2.45, 2.75) is 19.3 Å². The van der Waals surface area contributed by atoms with Crippen LogP contribution in [-0.2, 0) is 14.3 Å². The number of ether oxygens (including phenoxy) is 1. The Balaban J connectivity index is 2.56. The summed E-state index contributed by atoms with van der Waals surface area (Å²) in [7, 11) is 3.21. The van der Waals surface area contributed by atoms with Crippen molar-refractivity contribution in [2.75, 3.05) is 20.7 Å². The van der Waals surface area contributed by atoms with Crippen molar-refractivity contribution in [3.05, 3.63) is 11.8 Å². The van der Waals surface area contributed by atoms with E-state index in [-0.39, 0.29) is 12.2 Å². The minimum atomic E-state index is -0.468. The van der Waals surface area contributed by atoms with Crippen LogP contribution in [0.25, 0.3) is 0 Å². The molecular formula is C10H15NO3. The van der Waals surface area contributed by atoms with E-state index in [1.807, 2.05) is 18.1 Å². The quantitative estimate of drug-likeness (QED) is 0.494. The van der Waals surface area contributed by atoms with Crippen LogP contribution >= 0.6 is 0 Å². The number of carbonyl (C=O) groups excluding carboxylic acids is 2. The molecule has 0 aromatic carbocycles. The van der Waals surface area contributed by atoms with Crippen LogP contribution in [0.4, 0.5) is 0 Å². The molecule has 1 rings (SSSR count). The fourth-order valence-electron chi connectivity index (χ4n) is 1.44. The zero-order valence-corrected chi connectivity index (χ0v) is 8.58. The molecule has 0 spiro atoms. The number of nitrogens with zero attached hydrogens (tertiary/aromatic N) is 1. The van der Waals surface area contributed by atoms with Crippen LogP contribution < -0.4 is 0 Å². The SMILES string of the molecule is COC(=O)CC(=O)C1=CN(C)CCC1. The number of Topliss-reactive ketones (excluding diaryl/α,β-unsaturated/α-hetero) is 1. The first-order valence-corrected chi connectivity index (χ1v) is 4.64. The molecule has 0 amide bonds. The van der Waals surface area contributed by atoms with E-state index >= 15 is 0 Å². The molecule has 0 unspecified atom stereocenters. The molecule has 0 saturated heterocycles. The van der Waals surface area contributed by atoms with E-state index in [2.05, 4.69) is 4.74 Å². The first-order valence-electron chi connectivity index (χ1n) is 4.64. The lowest BCUT2D eigenvalue weighted by Gasteiger charge is -2.21. The van der Waals surface area contributed by atoms with Gasteiger partial charge in [0.05, 0.1) is 7.11 Å². The largest absolute Gasteiger partial charge is 0.469 e. The Morgan fingerprint density at radius 2 is 2.29 bits per heavy atom. The molecule has 0 aromatic heterocycles. The molecule has 0 atom stereocenters. The summed E-state index contributed by atoms with van der Waals surface area (Å²) in [5.74, 6) is -0.590. The normalized spacial score (nSPS) is 16.1. The van der Waals surface area contributed by atoms with Crippen LogP contribution in [0.3, 0.4) is 0 Å². The Labute approximate surface area is 83.5 Å². The molecular weight excluding hydrogens is 182 g/mol. The van der Waals surface area contributed by atoms with Gasteiger partial charge in [-0.25, -0.2) is 0 Å². The number of rotatable bonds is 3. The molecule has 4 heteroatoms. The third-order valence-electron chi connectivity index (χ3n) is 2.22. The number of hydrogen-bond donors (Lipinski definition) is 0. The van der Waals surface area contributed by atoms with E-state index in [1.54, 1.807) is 0 Å². The first-order chi connectivity index (χ1) is 6.63. The van der Waals surface area contributed by atoms with Gasteiger partial charge in [-0.2, -0.15) is 0 Å². The van der Waals surface area contributed by atoms with Crippen LogP contribution in [0.1, 0.15) is 19.3 Å². The highest BCUT2D eigenvalue weighted by molar-refractivity contribution is 6.05. The Morgan fingerprint density at radius 1 is 1.57 bits per heavy atom. The smallest absolute Gasteiger partial charge is 0.313 e. The van der Waals surface area contributed by atoms with Crippen LogP contribution in [0.5, 0.6) is 0 Å². The molecule has 0 saturated carbocycles. The van der Waals surface area contributed by atoms with Gasteiger partial charge < -0.3 is 9.64 Å². The Kier molecular flexibility index (Phi) is 3.68. The topological polar surface area (TPSA) is 46.6 Å². The van der Waals surface area contributed by atoms with Gasteiger partial charge >= 0.3 is 5.97 Å². The minimum Gasteiger partial charge on any atom is -0.469 e. The van der Waals surface area contributed by atoms with Crippen LogP contribution in [0.2, 0.25) is 0 Å². The summed E-state index contributed by atoms with van der Waals surface area (Å²) in [6.45, 7) is 0.967. The molecule has 1 aliphatic heterocycles. The summed E-state index contributed by atoms with van der Waals surface area (Å²) in [6, 6.07) is 0. The molecule has 4 nitrogen and oxygen atoms in total. The van der Waals surface area contributed by atoms with Crippen molar-refractivity contribution in [3.63, 3.8) is 0 Å². The van der Waals surface area contributed by atoms with Crippen LogP contribution in [0, 0.1) is 0 Å². The highest BCUT2D eigenvalue weighted by Gasteiger charge is 2.17. The van der Waals surface area contributed by atoms with E-state index in [1.165, 1.54) is 7.11 Å². The maximum atomic E-state index is 11.5. The Hall–Kier alpha value is -1.32. The molecule has 14 heavy (non-hydrogen) atoms. The highest BCUT2D eigenvalue weighted by Crippen LogP contribution is 2.15. The van der Waals surface area contributed by atoms with Gasteiger partial charge in [0.1, 0.15) is 6.42 Å². The van der Waals surface area contributed by atoms with E-state index in [4.69, 9.17) is 0 Å². The monoisotopic (exact) mass is 197 g/mol. The van der Waals surface area contributed by atoms with E-state index in [0.717, 1.165) is 25.0 Å². The van der Waals surface area contributed by atoms with E-state index in [0.29, 0.717) is 0 Å². The predicted molar refractivity (Wildman–Crippen MR) is 51.6 cm³/mol. The first kappa shape index (κ1) is 10.8. The number of ketones is 1. The molecule has 0 aliphatic carbocycles. The summed E-state index contributed by atoms with van der Waals surface area (Å²) in [4.78, 5) is 24.3. The third kappa shape index (κ3) is 2.87.